The summed E-state index contributed by atoms with van der Waals surface area (Å²) >= 11 is 1.69. The van der Waals surface area contributed by atoms with Gasteiger partial charge in [0, 0.05) is 6.04 Å². The molecule has 21 heavy (non-hydrogen) atoms. The lowest BCUT2D eigenvalue weighted by molar-refractivity contribution is 0.0699. The van der Waals surface area contributed by atoms with Gasteiger partial charge >= 0.3 is 5.97 Å². The van der Waals surface area contributed by atoms with E-state index in [1.54, 1.807) is 23.5 Å². The molecule has 1 aromatic carbocycles. The van der Waals surface area contributed by atoms with Crippen molar-refractivity contribution < 1.29 is 9.90 Å². The van der Waals surface area contributed by atoms with Crippen molar-refractivity contribution in [2.24, 2.45) is 0 Å². The van der Waals surface area contributed by atoms with E-state index in [1.807, 2.05) is 13.0 Å². The zero-order valence-electron chi connectivity index (χ0n) is 11.9. The molecule has 0 saturated heterocycles. The van der Waals surface area contributed by atoms with Gasteiger partial charge in [0.1, 0.15) is 11.3 Å². The molecule has 3 rings (SSSR count). The fourth-order valence-electron chi connectivity index (χ4n) is 2.80. The van der Waals surface area contributed by atoms with Crippen LogP contribution in [0.4, 0.5) is 0 Å². The molecule has 0 fully saturated rings. The zero-order chi connectivity index (χ0) is 15.0. The summed E-state index contributed by atoms with van der Waals surface area (Å²) in [7, 11) is 0. The first kappa shape index (κ1) is 13.8. The lowest BCUT2D eigenvalue weighted by atomic mass is 10.1. The molecule has 0 aliphatic carbocycles. The summed E-state index contributed by atoms with van der Waals surface area (Å²) in [5.74, 6) is -0.0860. The third kappa shape index (κ3) is 2.45. The van der Waals surface area contributed by atoms with Crippen LogP contribution in [0.5, 0.6) is 0 Å². The SMILES string of the molecule is Cc1nc2c(C(=O)O)cccc2n1C(C)Cc1ccsc1. The van der Waals surface area contributed by atoms with E-state index in [4.69, 9.17) is 0 Å². The molecule has 3 aromatic rings. The second-order valence-corrected chi connectivity index (χ2v) is 5.97. The predicted octanol–water partition coefficient (Wildman–Crippen LogP) is 3.91. The van der Waals surface area contributed by atoms with Crippen LogP contribution in [0.25, 0.3) is 11.0 Å². The molecule has 1 unspecified atom stereocenters. The van der Waals surface area contributed by atoms with E-state index < -0.39 is 5.97 Å². The molecular weight excluding hydrogens is 284 g/mol. The van der Waals surface area contributed by atoms with Crippen LogP contribution in [-0.4, -0.2) is 20.6 Å². The Hall–Kier alpha value is -2.14. The highest BCUT2D eigenvalue weighted by molar-refractivity contribution is 7.07. The van der Waals surface area contributed by atoms with Gasteiger partial charge in [-0.15, -0.1) is 0 Å². The number of rotatable bonds is 4. The minimum absolute atomic E-state index is 0.230. The number of aryl methyl sites for hydroxylation is 1. The number of benzene rings is 1. The van der Waals surface area contributed by atoms with Crippen LogP contribution >= 0.6 is 11.3 Å². The largest absolute Gasteiger partial charge is 0.478 e. The number of thiophene rings is 1. The van der Waals surface area contributed by atoms with Crippen LogP contribution in [0, 0.1) is 6.92 Å². The Labute approximate surface area is 126 Å². The predicted molar refractivity (Wildman–Crippen MR) is 84.2 cm³/mol. The number of carboxylic acid groups (broad SMARTS) is 1. The van der Waals surface area contributed by atoms with Crippen LogP contribution < -0.4 is 0 Å². The summed E-state index contributed by atoms with van der Waals surface area (Å²) in [5, 5.41) is 13.5. The minimum Gasteiger partial charge on any atom is -0.478 e. The Morgan fingerprint density at radius 3 is 2.90 bits per heavy atom. The van der Waals surface area contributed by atoms with Gasteiger partial charge in [0.2, 0.25) is 0 Å². The third-order valence-electron chi connectivity index (χ3n) is 3.68. The van der Waals surface area contributed by atoms with E-state index in [-0.39, 0.29) is 11.6 Å². The number of nitrogens with zero attached hydrogens (tertiary/aromatic N) is 2. The summed E-state index contributed by atoms with van der Waals surface area (Å²) in [6.45, 7) is 4.06. The van der Waals surface area contributed by atoms with Crippen LogP contribution in [0.3, 0.4) is 0 Å². The molecule has 2 aromatic heterocycles. The molecule has 0 aliphatic rings. The normalized spacial score (nSPS) is 12.7. The van der Waals surface area contributed by atoms with Gasteiger partial charge in [0.05, 0.1) is 11.1 Å². The summed E-state index contributed by atoms with van der Waals surface area (Å²) in [6.07, 6.45) is 0.910. The summed E-state index contributed by atoms with van der Waals surface area (Å²) in [4.78, 5) is 15.8. The molecule has 0 amide bonds. The van der Waals surface area contributed by atoms with Gasteiger partial charge in [-0.05, 0) is 54.8 Å². The molecule has 0 aliphatic heterocycles. The second-order valence-electron chi connectivity index (χ2n) is 5.19. The summed E-state index contributed by atoms with van der Waals surface area (Å²) < 4.78 is 2.12. The van der Waals surface area contributed by atoms with Crippen LogP contribution in [0.1, 0.15) is 34.7 Å². The van der Waals surface area contributed by atoms with Crippen LogP contribution in [0.15, 0.2) is 35.0 Å². The van der Waals surface area contributed by atoms with Crippen molar-refractivity contribution in [2.45, 2.75) is 26.3 Å². The van der Waals surface area contributed by atoms with Gasteiger partial charge in [0.25, 0.3) is 0 Å². The number of carbonyl (C=O) groups is 1. The molecule has 4 nitrogen and oxygen atoms in total. The molecule has 0 bridgehead atoms. The number of imidazole rings is 1. The number of hydrogen-bond donors (Lipinski definition) is 1. The number of aromatic carboxylic acids is 1. The number of carboxylic acids is 1. The monoisotopic (exact) mass is 300 g/mol. The quantitative estimate of drug-likeness (QED) is 0.795. The fraction of sp³-hybridized carbons (Fsp3) is 0.250. The average Bonchev–Trinajstić information content (AvgIpc) is 3.03. The first-order valence-electron chi connectivity index (χ1n) is 6.80. The summed E-state index contributed by atoms with van der Waals surface area (Å²) in [6, 6.07) is 7.67. The molecule has 0 saturated carbocycles. The maximum atomic E-state index is 11.3. The van der Waals surface area contributed by atoms with E-state index in [9.17, 15) is 9.90 Å². The topological polar surface area (TPSA) is 55.1 Å². The van der Waals surface area contributed by atoms with Gasteiger partial charge in [-0.25, -0.2) is 9.78 Å². The van der Waals surface area contributed by atoms with E-state index in [2.05, 4.69) is 33.3 Å². The first-order chi connectivity index (χ1) is 10.1. The van der Waals surface area contributed by atoms with Crippen LogP contribution in [0.2, 0.25) is 0 Å². The molecule has 2 heterocycles. The molecule has 1 N–H and O–H groups in total. The lowest BCUT2D eigenvalue weighted by Gasteiger charge is -2.16. The lowest BCUT2D eigenvalue weighted by Crippen LogP contribution is -2.09. The van der Waals surface area contributed by atoms with E-state index >= 15 is 0 Å². The highest BCUT2D eigenvalue weighted by Gasteiger charge is 2.18. The van der Waals surface area contributed by atoms with Gasteiger partial charge in [0.15, 0.2) is 0 Å². The van der Waals surface area contributed by atoms with E-state index in [0.29, 0.717) is 5.52 Å². The standard InChI is InChI=1S/C16H16N2O2S/c1-10(8-12-6-7-21-9-12)18-11(2)17-15-13(16(19)20)4-3-5-14(15)18/h3-7,9-10H,8H2,1-2H3,(H,19,20). The summed E-state index contributed by atoms with van der Waals surface area (Å²) in [5.41, 5.74) is 3.01. The van der Waals surface area contributed by atoms with Gasteiger partial charge < -0.3 is 9.67 Å². The van der Waals surface area contributed by atoms with Gasteiger partial charge in [-0.1, -0.05) is 6.07 Å². The van der Waals surface area contributed by atoms with Gasteiger partial charge in [-0.3, -0.25) is 0 Å². The van der Waals surface area contributed by atoms with Gasteiger partial charge in [-0.2, -0.15) is 11.3 Å². The number of fused-ring (bicyclic) bond motifs is 1. The first-order valence-corrected chi connectivity index (χ1v) is 7.74. The maximum Gasteiger partial charge on any atom is 0.337 e. The van der Waals surface area contributed by atoms with Crippen molar-refractivity contribution in [3.63, 3.8) is 0 Å². The highest BCUT2D eigenvalue weighted by atomic mass is 32.1. The van der Waals surface area contributed by atoms with Crippen molar-refractivity contribution in [2.75, 3.05) is 0 Å². The molecule has 1 atom stereocenters. The maximum absolute atomic E-state index is 11.3. The zero-order valence-corrected chi connectivity index (χ0v) is 12.7. The van der Waals surface area contributed by atoms with E-state index in [1.165, 1.54) is 5.56 Å². The third-order valence-corrected chi connectivity index (χ3v) is 4.41. The minimum atomic E-state index is -0.935. The molecule has 5 heteroatoms. The molecular formula is C16H16N2O2S. The Kier molecular flexibility index (Phi) is 3.51. The fourth-order valence-corrected chi connectivity index (χ4v) is 3.48. The number of para-hydroxylation sites is 1. The number of aromatic nitrogens is 2. The van der Waals surface area contributed by atoms with Crippen molar-refractivity contribution in [3.05, 3.63) is 52.0 Å². The second kappa shape index (κ2) is 5.33. The smallest absolute Gasteiger partial charge is 0.337 e. The Balaban J connectivity index is 2.08. The molecule has 0 radical (unpaired) electrons. The van der Waals surface area contributed by atoms with Crippen molar-refractivity contribution in [1.29, 1.82) is 0 Å². The van der Waals surface area contributed by atoms with E-state index in [0.717, 1.165) is 17.8 Å². The molecule has 108 valence electrons. The number of hydrogen-bond acceptors (Lipinski definition) is 3. The average molecular weight is 300 g/mol. The van der Waals surface area contributed by atoms with Crippen molar-refractivity contribution in [1.82, 2.24) is 9.55 Å². The Morgan fingerprint density at radius 2 is 2.24 bits per heavy atom. The van der Waals surface area contributed by atoms with Crippen molar-refractivity contribution in [3.8, 4) is 0 Å². The van der Waals surface area contributed by atoms with Crippen LogP contribution in [-0.2, 0) is 6.42 Å². The Morgan fingerprint density at radius 1 is 1.43 bits per heavy atom. The van der Waals surface area contributed by atoms with Crippen molar-refractivity contribution >= 4 is 28.3 Å². The molecule has 0 spiro atoms. The Bertz CT molecular complexity index is 790. The highest BCUT2D eigenvalue weighted by Crippen LogP contribution is 2.26.